The number of hydrogen-bond donors (Lipinski definition) is 0. The van der Waals surface area contributed by atoms with E-state index < -0.39 is 0 Å². The van der Waals surface area contributed by atoms with Gasteiger partial charge in [-0.05, 0) is 26.2 Å². The largest absolute Gasteiger partial charge is 0.462 e. The molecule has 2 aliphatic heterocycles. The topological polar surface area (TPSA) is 46.6 Å². The molecular weight excluding hydrogens is 242 g/mol. The van der Waals surface area contributed by atoms with Gasteiger partial charge in [-0.3, -0.25) is 4.79 Å². The lowest BCUT2D eigenvalue weighted by molar-refractivity contribution is -0.141. The number of hydrogen-bond acceptors (Lipinski definition) is 3. The number of rotatable bonds is 1. The van der Waals surface area contributed by atoms with Gasteiger partial charge in [0.25, 0.3) is 0 Å². The minimum absolute atomic E-state index is 0.118. The van der Waals surface area contributed by atoms with Crippen LogP contribution >= 0.6 is 0 Å². The second-order valence-corrected chi connectivity index (χ2v) is 6.01. The van der Waals surface area contributed by atoms with Gasteiger partial charge in [-0.25, -0.2) is 4.79 Å². The van der Waals surface area contributed by atoms with E-state index in [1.807, 2.05) is 4.90 Å². The van der Waals surface area contributed by atoms with Gasteiger partial charge in [0.15, 0.2) is 0 Å². The van der Waals surface area contributed by atoms with Crippen molar-refractivity contribution in [2.45, 2.75) is 51.9 Å². The number of cyclic esters (lactones) is 1. The molecule has 3 rings (SSSR count). The molecular formula is C15H21NO3. The van der Waals surface area contributed by atoms with E-state index in [4.69, 9.17) is 4.74 Å². The standard InChI is InChI=1S/C15H21NO3/c1-11-12(5-10-19-13(11)17)16-9-8-15(14(16)18)6-3-2-4-7-15/h2-10H2,1H3. The van der Waals surface area contributed by atoms with Crippen LogP contribution in [-0.4, -0.2) is 29.9 Å². The van der Waals surface area contributed by atoms with Crippen LogP contribution in [-0.2, 0) is 14.3 Å². The Bertz CT molecular complexity index is 446. The van der Waals surface area contributed by atoms with E-state index in [2.05, 4.69) is 0 Å². The number of nitrogens with zero attached hydrogens (tertiary/aromatic N) is 1. The Morgan fingerprint density at radius 1 is 1.11 bits per heavy atom. The number of likely N-dealkylation sites (tertiary alicyclic amines) is 1. The summed E-state index contributed by atoms with van der Waals surface area (Å²) in [4.78, 5) is 26.3. The number of esters is 1. The first-order valence-corrected chi connectivity index (χ1v) is 7.33. The van der Waals surface area contributed by atoms with Crippen LogP contribution in [0.25, 0.3) is 0 Å². The van der Waals surface area contributed by atoms with E-state index >= 15 is 0 Å². The Balaban J connectivity index is 1.86. The lowest BCUT2D eigenvalue weighted by atomic mass is 9.73. The van der Waals surface area contributed by atoms with Crippen LogP contribution in [0.1, 0.15) is 51.9 Å². The van der Waals surface area contributed by atoms with Gasteiger partial charge in [0, 0.05) is 18.7 Å². The molecule has 1 saturated heterocycles. The van der Waals surface area contributed by atoms with Gasteiger partial charge >= 0.3 is 5.97 Å². The highest BCUT2D eigenvalue weighted by Gasteiger charge is 2.48. The molecule has 3 aliphatic rings. The van der Waals surface area contributed by atoms with Crippen LogP contribution in [0.3, 0.4) is 0 Å². The van der Waals surface area contributed by atoms with E-state index in [0.29, 0.717) is 18.6 Å². The maximum absolute atomic E-state index is 12.8. The van der Waals surface area contributed by atoms with Gasteiger partial charge in [-0.1, -0.05) is 19.3 Å². The third kappa shape index (κ3) is 1.97. The summed E-state index contributed by atoms with van der Waals surface area (Å²) in [6.45, 7) is 2.96. The maximum atomic E-state index is 12.8. The summed E-state index contributed by atoms with van der Waals surface area (Å²) in [5.41, 5.74) is 1.41. The van der Waals surface area contributed by atoms with Crippen LogP contribution in [0.2, 0.25) is 0 Å². The van der Waals surface area contributed by atoms with Crippen molar-refractivity contribution in [2.75, 3.05) is 13.2 Å². The molecule has 0 aromatic rings. The van der Waals surface area contributed by atoms with Gasteiger partial charge in [0.2, 0.25) is 5.91 Å². The first-order chi connectivity index (χ1) is 9.14. The van der Waals surface area contributed by atoms with Crippen LogP contribution in [0.5, 0.6) is 0 Å². The molecule has 2 heterocycles. The summed E-state index contributed by atoms with van der Waals surface area (Å²) < 4.78 is 5.02. The maximum Gasteiger partial charge on any atom is 0.335 e. The quantitative estimate of drug-likeness (QED) is 0.682. The van der Waals surface area contributed by atoms with Crippen molar-refractivity contribution in [3.05, 3.63) is 11.3 Å². The predicted molar refractivity (Wildman–Crippen MR) is 70.1 cm³/mol. The van der Waals surface area contributed by atoms with Gasteiger partial charge in [-0.15, -0.1) is 0 Å². The molecule has 4 heteroatoms. The minimum Gasteiger partial charge on any atom is -0.462 e. The van der Waals surface area contributed by atoms with Gasteiger partial charge in [0.05, 0.1) is 17.6 Å². The SMILES string of the molecule is CC1=C(N2CCC3(CCCCC3)C2=O)CCOC1=O. The highest BCUT2D eigenvalue weighted by molar-refractivity contribution is 5.92. The van der Waals surface area contributed by atoms with Crippen LogP contribution in [0, 0.1) is 5.41 Å². The molecule has 0 aromatic carbocycles. The summed E-state index contributed by atoms with van der Waals surface area (Å²) in [6.07, 6.45) is 7.28. The zero-order valence-electron chi connectivity index (χ0n) is 11.5. The fraction of sp³-hybridized carbons (Fsp3) is 0.733. The lowest BCUT2D eigenvalue weighted by Gasteiger charge is -2.32. The number of amides is 1. The lowest BCUT2D eigenvalue weighted by Crippen LogP contribution is -2.37. The zero-order chi connectivity index (χ0) is 13.5. The Hall–Kier alpha value is -1.32. The Kier molecular flexibility index (Phi) is 3.11. The molecule has 19 heavy (non-hydrogen) atoms. The van der Waals surface area contributed by atoms with Crippen molar-refractivity contribution >= 4 is 11.9 Å². The second-order valence-electron chi connectivity index (χ2n) is 6.01. The predicted octanol–water partition coefficient (Wildman–Crippen LogP) is 2.39. The number of ether oxygens (including phenoxy) is 1. The molecule has 1 amide bonds. The molecule has 0 radical (unpaired) electrons. The van der Waals surface area contributed by atoms with Crippen LogP contribution in [0.4, 0.5) is 0 Å². The Morgan fingerprint density at radius 3 is 2.58 bits per heavy atom. The van der Waals surface area contributed by atoms with Crippen molar-refractivity contribution in [1.82, 2.24) is 4.90 Å². The molecule has 4 nitrogen and oxygen atoms in total. The zero-order valence-corrected chi connectivity index (χ0v) is 11.5. The van der Waals surface area contributed by atoms with Crippen molar-refractivity contribution in [1.29, 1.82) is 0 Å². The van der Waals surface area contributed by atoms with E-state index in [-0.39, 0.29) is 17.3 Å². The molecule has 2 fully saturated rings. The summed E-state index contributed by atoms with van der Waals surface area (Å²) in [7, 11) is 0. The molecule has 1 saturated carbocycles. The second kappa shape index (κ2) is 4.66. The Labute approximate surface area is 113 Å². The summed E-state index contributed by atoms with van der Waals surface area (Å²) in [5.74, 6) is -0.00473. The molecule has 0 bridgehead atoms. The average molecular weight is 263 g/mol. The highest BCUT2D eigenvalue weighted by atomic mass is 16.5. The third-order valence-electron chi connectivity index (χ3n) is 4.96. The fourth-order valence-electron chi connectivity index (χ4n) is 3.76. The highest BCUT2D eigenvalue weighted by Crippen LogP contribution is 2.46. The minimum atomic E-state index is -0.265. The van der Waals surface area contributed by atoms with Gasteiger partial charge < -0.3 is 9.64 Å². The van der Waals surface area contributed by atoms with E-state index in [0.717, 1.165) is 31.5 Å². The molecule has 1 aliphatic carbocycles. The van der Waals surface area contributed by atoms with Gasteiger partial charge in [0.1, 0.15) is 0 Å². The third-order valence-corrected chi connectivity index (χ3v) is 4.96. The molecule has 0 unspecified atom stereocenters. The number of carbonyl (C=O) groups excluding carboxylic acids is 2. The first-order valence-electron chi connectivity index (χ1n) is 7.33. The summed E-state index contributed by atoms with van der Waals surface area (Å²) in [6, 6.07) is 0. The van der Waals surface area contributed by atoms with E-state index in [1.165, 1.54) is 19.3 Å². The average Bonchev–Trinajstić information content (AvgIpc) is 2.72. The van der Waals surface area contributed by atoms with Crippen LogP contribution < -0.4 is 0 Å². The summed E-state index contributed by atoms with van der Waals surface area (Å²) in [5, 5.41) is 0. The van der Waals surface area contributed by atoms with Crippen molar-refractivity contribution in [3.63, 3.8) is 0 Å². The fourth-order valence-corrected chi connectivity index (χ4v) is 3.76. The van der Waals surface area contributed by atoms with Crippen molar-refractivity contribution in [2.24, 2.45) is 5.41 Å². The van der Waals surface area contributed by atoms with Crippen molar-refractivity contribution < 1.29 is 14.3 Å². The van der Waals surface area contributed by atoms with Crippen LogP contribution in [0.15, 0.2) is 11.3 Å². The van der Waals surface area contributed by atoms with E-state index in [1.54, 1.807) is 6.92 Å². The Morgan fingerprint density at radius 2 is 1.84 bits per heavy atom. The van der Waals surface area contributed by atoms with Gasteiger partial charge in [-0.2, -0.15) is 0 Å². The smallest absolute Gasteiger partial charge is 0.335 e. The number of carbonyl (C=O) groups is 2. The molecule has 0 aromatic heterocycles. The normalized spacial score (nSPS) is 27.1. The molecule has 104 valence electrons. The molecule has 0 N–H and O–H groups in total. The van der Waals surface area contributed by atoms with E-state index in [9.17, 15) is 9.59 Å². The monoisotopic (exact) mass is 263 g/mol. The molecule has 1 spiro atoms. The van der Waals surface area contributed by atoms with Crippen molar-refractivity contribution in [3.8, 4) is 0 Å². The molecule has 0 atom stereocenters. The first kappa shape index (κ1) is 12.7. The summed E-state index contributed by atoms with van der Waals surface area (Å²) >= 11 is 0.